The number of aliphatic hydroxyl groups is 1. The van der Waals surface area contributed by atoms with Crippen LogP contribution in [-0.4, -0.2) is 11.2 Å². The molecule has 0 aromatic carbocycles. The van der Waals surface area contributed by atoms with E-state index >= 15 is 0 Å². The summed E-state index contributed by atoms with van der Waals surface area (Å²) in [6, 6.07) is 0. The molecule has 0 aromatic rings. The van der Waals surface area contributed by atoms with Crippen molar-refractivity contribution < 1.29 is 5.11 Å². The van der Waals surface area contributed by atoms with Crippen LogP contribution in [0.4, 0.5) is 0 Å². The fourth-order valence-electron chi connectivity index (χ4n) is 8.38. The molecule has 0 aliphatic heterocycles. The van der Waals surface area contributed by atoms with E-state index in [4.69, 9.17) is 0 Å². The predicted molar refractivity (Wildman–Crippen MR) is 128 cm³/mol. The largest absolute Gasteiger partial charge is 0.393 e. The quantitative estimate of drug-likeness (QED) is 0.412. The SMILES string of the molecule is CCCCCC1CCC(C2CCC(C3CCC(C4CCC(O)CC4)CC3)CC2)CC1. The first-order chi connectivity index (χ1) is 14.7. The van der Waals surface area contributed by atoms with Gasteiger partial charge in [-0.2, -0.15) is 0 Å². The normalized spacial score (nSPS) is 43.4. The maximum Gasteiger partial charge on any atom is 0.0540 e. The van der Waals surface area contributed by atoms with Crippen molar-refractivity contribution in [1.82, 2.24) is 0 Å². The molecule has 0 radical (unpaired) electrons. The third-order valence-corrected chi connectivity index (χ3v) is 10.5. The standard InChI is InChI=1S/C29H52O/c1-2-3-4-5-22-6-8-23(9-7-22)24-10-12-25(13-11-24)26-14-16-27(17-15-26)28-18-20-29(30)21-19-28/h22-30H,2-21H2,1H3. The molecule has 4 saturated carbocycles. The van der Waals surface area contributed by atoms with Crippen LogP contribution in [0.25, 0.3) is 0 Å². The van der Waals surface area contributed by atoms with Gasteiger partial charge in [-0.15, -0.1) is 0 Å². The highest BCUT2D eigenvalue weighted by Gasteiger charge is 2.36. The Morgan fingerprint density at radius 3 is 1.17 bits per heavy atom. The molecule has 1 N–H and O–H groups in total. The number of hydrogen-bond donors (Lipinski definition) is 1. The summed E-state index contributed by atoms with van der Waals surface area (Å²) >= 11 is 0. The van der Waals surface area contributed by atoms with Gasteiger partial charge < -0.3 is 5.11 Å². The minimum Gasteiger partial charge on any atom is -0.393 e. The van der Waals surface area contributed by atoms with Gasteiger partial charge in [0.25, 0.3) is 0 Å². The van der Waals surface area contributed by atoms with Crippen LogP contribution in [0.2, 0.25) is 0 Å². The van der Waals surface area contributed by atoms with Crippen LogP contribution in [0.5, 0.6) is 0 Å². The average Bonchev–Trinajstić information content (AvgIpc) is 2.81. The van der Waals surface area contributed by atoms with Crippen LogP contribution in [0.1, 0.15) is 135 Å². The van der Waals surface area contributed by atoms with Gasteiger partial charge in [0.15, 0.2) is 0 Å². The summed E-state index contributed by atoms with van der Waals surface area (Å²) in [5.41, 5.74) is 0. The highest BCUT2D eigenvalue weighted by Crippen LogP contribution is 2.48. The van der Waals surface area contributed by atoms with Crippen molar-refractivity contribution in [3.63, 3.8) is 0 Å². The molecule has 1 heteroatoms. The summed E-state index contributed by atoms with van der Waals surface area (Å²) in [5, 5.41) is 9.81. The molecule has 0 spiro atoms. The minimum absolute atomic E-state index is 0.0175. The Balaban J connectivity index is 1.12. The van der Waals surface area contributed by atoms with Crippen molar-refractivity contribution >= 4 is 0 Å². The molecule has 0 unspecified atom stereocenters. The van der Waals surface area contributed by atoms with Crippen LogP contribution >= 0.6 is 0 Å². The van der Waals surface area contributed by atoms with E-state index in [1.54, 1.807) is 51.4 Å². The van der Waals surface area contributed by atoms with E-state index in [-0.39, 0.29) is 6.10 Å². The Kier molecular flexibility index (Phi) is 9.03. The van der Waals surface area contributed by atoms with Crippen molar-refractivity contribution in [3.05, 3.63) is 0 Å². The highest BCUT2D eigenvalue weighted by atomic mass is 16.3. The lowest BCUT2D eigenvalue weighted by molar-refractivity contribution is 0.0622. The summed E-state index contributed by atoms with van der Waals surface area (Å²) in [5.74, 6) is 7.33. The predicted octanol–water partition coefficient (Wildman–Crippen LogP) is 8.54. The zero-order valence-corrected chi connectivity index (χ0v) is 20.2. The van der Waals surface area contributed by atoms with E-state index in [1.807, 2.05) is 0 Å². The lowest BCUT2D eigenvalue weighted by Crippen LogP contribution is -2.32. The van der Waals surface area contributed by atoms with Crippen molar-refractivity contribution in [3.8, 4) is 0 Å². The second kappa shape index (κ2) is 11.7. The van der Waals surface area contributed by atoms with Gasteiger partial charge in [0.05, 0.1) is 6.10 Å². The second-order valence-electron chi connectivity index (χ2n) is 12.2. The lowest BCUT2D eigenvalue weighted by Gasteiger charge is -2.43. The second-order valence-corrected chi connectivity index (χ2v) is 12.2. The van der Waals surface area contributed by atoms with E-state index in [1.165, 1.54) is 64.2 Å². The van der Waals surface area contributed by atoms with E-state index in [9.17, 15) is 5.11 Å². The van der Waals surface area contributed by atoms with Gasteiger partial charge in [0.1, 0.15) is 0 Å². The van der Waals surface area contributed by atoms with Crippen molar-refractivity contribution in [2.24, 2.45) is 41.4 Å². The molecule has 0 saturated heterocycles. The van der Waals surface area contributed by atoms with Gasteiger partial charge >= 0.3 is 0 Å². The number of rotatable bonds is 7. The van der Waals surface area contributed by atoms with Gasteiger partial charge in [-0.25, -0.2) is 0 Å². The first-order valence-corrected chi connectivity index (χ1v) is 14.4. The van der Waals surface area contributed by atoms with Crippen molar-refractivity contribution in [2.45, 2.75) is 141 Å². The Labute approximate surface area is 188 Å². The van der Waals surface area contributed by atoms with Crippen LogP contribution in [-0.2, 0) is 0 Å². The molecule has 30 heavy (non-hydrogen) atoms. The number of unbranched alkanes of at least 4 members (excludes halogenated alkanes) is 2. The fourth-order valence-corrected chi connectivity index (χ4v) is 8.38. The van der Waals surface area contributed by atoms with E-state index in [0.29, 0.717) is 0 Å². The van der Waals surface area contributed by atoms with Crippen LogP contribution in [0, 0.1) is 41.4 Å². The molecule has 0 bridgehead atoms. The monoisotopic (exact) mass is 416 g/mol. The summed E-state index contributed by atoms with van der Waals surface area (Å²) in [6.07, 6.45) is 29.2. The summed E-state index contributed by atoms with van der Waals surface area (Å²) in [7, 11) is 0. The maximum absolute atomic E-state index is 9.81. The molecule has 4 aliphatic rings. The molecule has 4 aliphatic carbocycles. The Hall–Kier alpha value is -0.0400. The smallest absolute Gasteiger partial charge is 0.0540 e. The van der Waals surface area contributed by atoms with E-state index in [2.05, 4.69) is 6.92 Å². The molecule has 1 nitrogen and oxygen atoms in total. The van der Waals surface area contributed by atoms with Crippen molar-refractivity contribution in [1.29, 1.82) is 0 Å². The minimum atomic E-state index is 0.0175. The van der Waals surface area contributed by atoms with E-state index in [0.717, 1.165) is 54.3 Å². The van der Waals surface area contributed by atoms with Gasteiger partial charge in [-0.1, -0.05) is 45.4 Å². The van der Waals surface area contributed by atoms with Gasteiger partial charge in [0, 0.05) is 0 Å². The molecule has 4 rings (SSSR count). The highest BCUT2D eigenvalue weighted by molar-refractivity contribution is 4.87. The first-order valence-electron chi connectivity index (χ1n) is 14.4. The molecular formula is C29H52O. The number of aliphatic hydroxyl groups excluding tert-OH is 1. The first kappa shape index (κ1) is 23.1. The zero-order chi connectivity index (χ0) is 20.8. The topological polar surface area (TPSA) is 20.2 Å². The fraction of sp³-hybridized carbons (Fsp3) is 1.00. The summed E-state index contributed by atoms with van der Waals surface area (Å²) in [4.78, 5) is 0. The molecule has 4 fully saturated rings. The molecule has 0 amide bonds. The van der Waals surface area contributed by atoms with Crippen LogP contribution < -0.4 is 0 Å². The molecule has 0 atom stereocenters. The van der Waals surface area contributed by atoms with Crippen LogP contribution in [0.3, 0.4) is 0 Å². The molecule has 174 valence electrons. The molecule has 0 aromatic heterocycles. The zero-order valence-electron chi connectivity index (χ0n) is 20.2. The Morgan fingerprint density at radius 1 is 0.467 bits per heavy atom. The Morgan fingerprint density at radius 2 is 0.800 bits per heavy atom. The summed E-state index contributed by atoms with van der Waals surface area (Å²) < 4.78 is 0. The van der Waals surface area contributed by atoms with Gasteiger partial charge in [-0.05, 0) is 131 Å². The van der Waals surface area contributed by atoms with Crippen molar-refractivity contribution in [2.75, 3.05) is 0 Å². The third-order valence-electron chi connectivity index (χ3n) is 10.5. The molecule has 0 heterocycles. The van der Waals surface area contributed by atoms with Gasteiger partial charge in [-0.3, -0.25) is 0 Å². The van der Waals surface area contributed by atoms with Crippen LogP contribution in [0.15, 0.2) is 0 Å². The lowest BCUT2D eigenvalue weighted by atomic mass is 9.63. The summed E-state index contributed by atoms with van der Waals surface area (Å²) in [6.45, 7) is 2.34. The maximum atomic E-state index is 9.81. The number of hydrogen-bond acceptors (Lipinski definition) is 1. The third kappa shape index (κ3) is 6.26. The Bertz CT molecular complexity index is 455. The van der Waals surface area contributed by atoms with E-state index < -0.39 is 0 Å². The molecular weight excluding hydrogens is 364 g/mol. The average molecular weight is 417 g/mol. The van der Waals surface area contributed by atoms with Gasteiger partial charge in [0.2, 0.25) is 0 Å².